The number of amides is 1. The molecule has 7 nitrogen and oxygen atoms in total. The molecule has 3 fully saturated rings. The average Bonchev–Trinajstić information content (AvgIpc) is 3.52. The Morgan fingerprint density at radius 2 is 2.15 bits per heavy atom. The van der Waals surface area contributed by atoms with Crippen LogP contribution >= 0.6 is 0 Å². The van der Waals surface area contributed by atoms with Gasteiger partial charge in [-0.05, 0) is 43.7 Å². The van der Waals surface area contributed by atoms with E-state index in [1.807, 2.05) is 12.1 Å². The first kappa shape index (κ1) is 17.9. The van der Waals surface area contributed by atoms with E-state index < -0.39 is 10.0 Å². The molecule has 1 aromatic rings. The van der Waals surface area contributed by atoms with Gasteiger partial charge < -0.3 is 10.1 Å². The van der Waals surface area contributed by atoms with Crippen molar-refractivity contribution < 1.29 is 17.9 Å². The van der Waals surface area contributed by atoms with Gasteiger partial charge in [0.25, 0.3) is 0 Å². The average molecular weight is 379 g/mol. The zero-order valence-corrected chi connectivity index (χ0v) is 15.5. The first-order chi connectivity index (χ1) is 12.6. The van der Waals surface area contributed by atoms with E-state index in [-0.39, 0.29) is 29.2 Å². The van der Waals surface area contributed by atoms with Gasteiger partial charge in [0.2, 0.25) is 15.9 Å². The van der Waals surface area contributed by atoms with Crippen LogP contribution in [0.2, 0.25) is 0 Å². The fourth-order valence-electron chi connectivity index (χ4n) is 4.02. The number of carbonyl (C=O) groups is 1. The van der Waals surface area contributed by atoms with E-state index in [1.54, 1.807) is 16.7 Å². The Morgan fingerprint density at radius 1 is 1.31 bits per heavy atom. The van der Waals surface area contributed by atoms with E-state index in [9.17, 15) is 13.2 Å². The second-order valence-electron chi connectivity index (χ2n) is 7.42. The van der Waals surface area contributed by atoms with Gasteiger partial charge in [-0.2, -0.15) is 4.31 Å². The maximum atomic E-state index is 12.8. The fraction of sp³-hybridized carbons (Fsp3) is 0.667. The summed E-state index contributed by atoms with van der Waals surface area (Å²) in [5.74, 6) is -0.187. The van der Waals surface area contributed by atoms with E-state index in [4.69, 9.17) is 4.74 Å². The molecule has 1 saturated heterocycles. The first-order valence-corrected chi connectivity index (χ1v) is 10.8. The van der Waals surface area contributed by atoms with Crippen LogP contribution < -0.4 is 5.32 Å². The lowest BCUT2D eigenvalue weighted by atomic mass is 9.82. The highest BCUT2D eigenvalue weighted by Gasteiger charge is 2.48. The molecule has 3 aliphatic rings. The largest absolute Gasteiger partial charge is 0.375 e. The van der Waals surface area contributed by atoms with Crippen molar-refractivity contribution in [2.24, 2.45) is 5.92 Å². The summed E-state index contributed by atoms with van der Waals surface area (Å²) >= 11 is 0. The second kappa shape index (κ2) is 7.25. The number of ether oxygens (including phenoxy) is 1. The van der Waals surface area contributed by atoms with Gasteiger partial charge in [-0.15, -0.1) is 0 Å². The minimum absolute atomic E-state index is 0.0124. The highest BCUT2D eigenvalue weighted by molar-refractivity contribution is 7.90. The number of morpholine rings is 1. The Balaban J connectivity index is 1.41. The van der Waals surface area contributed by atoms with Gasteiger partial charge >= 0.3 is 0 Å². The molecular weight excluding hydrogens is 354 g/mol. The number of nitrogens with one attached hydrogen (secondary N) is 1. The van der Waals surface area contributed by atoms with Crippen molar-refractivity contribution in [3.63, 3.8) is 0 Å². The lowest BCUT2D eigenvalue weighted by Gasteiger charge is -2.44. The van der Waals surface area contributed by atoms with Crippen molar-refractivity contribution in [1.82, 2.24) is 14.6 Å². The Hall–Kier alpha value is -1.51. The quantitative estimate of drug-likeness (QED) is 0.826. The second-order valence-corrected chi connectivity index (χ2v) is 9.59. The van der Waals surface area contributed by atoms with Crippen LogP contribution in [0.15, 0.2) is 24.5 Å². The van der Waals surface area contributed by atoms with E-state index in [0.29, 0.717) is 26.1 Å². The van der Waals surface area contributed by atoms with Crippen LogP contribution in [0, 0.1) is 5.92 Å². The van der Waals surface area contributed by atoms with Crippen LogP contribution in [0.3, 0.4) is 0 Å². The summed E-state index contributed by atoms with van der Waals surface area (Å²) in [5.41, 5.74) is 0.952. The molecule has 3 atom stereocenters. The number of carbonyl (C=O) groups excluding carboxylic acids is 1. The van der Waals surface area contributed by atoms with Crippen molar-refractivity contribution in [2.45, 2.75) is 56.0 Å². The summed E-state index contributed by atoms with van der Waals surface area (Å²) in [6, 6.07) is 3.55. The van der Waals surface area contributed by atoms with Gasteiger partial charge in [0.1, 0.15) is 0 Å². The maximum absolute atomic E-state index is 12.8. The molecular formula is C18H25N3O4S. The minimum Gasteiger partial charge on any atom is -0.375 e. The van der Waals surface area contributed by atoms with Crippen molar-refractivity contribution in [3.05, 3.63) is 30.1 Å². The van der Waals surface area contributed by atoms with Gasteiger partial charge in [0.05, 0.1) is 24.0 Å². The molecule has 1 aliphatic heterocycles. The molecule has 142 valence electrons. The van der Waals surface area contributed by atoms with Crippen molar-refractivity contribution in [2.75, 3.05) is 13.2 Å². The topological polar surface area (TPSA) is 88.6 Å². The van der Waals surface area contributed by atoms with Crippen LogP contribution in [-0.2, 0) is 26.1 Å². The molecule has 2 heterocycles. The zero-order valence-electron chi connectivity index (χ0n) is 14.7. The van der Waals surface area contributed by atoms with Gasteiger partial charge in [0, 0.05) is 31.4 Å². The van der Waals surface area contributed by atoms with E-state index in [1.165, 1.54) is 0 Å². The summed E-state index contributed by atoms with van der Waals surface area (Å²) < 4.78 is 33.0. The van der Waals surface area contributed by atoms with Crippen molar-refractivity contribution >= 4 is 15.9 Å². The first-order valence-electron chi connectivity index (χ1n) is 9.34. The highest BCUT2D eigenvalue weighted by Crippen LogP contribution is 2.38. The van der Waals surface area contributed by atoms with Crippen LogP contribution in [0.4, 0.5) is 0 Å². The Morgan fingerprint density at radius 3 is 2.88 bits per heavy atom. The number of pyridine rings is 1. The number of rotatable bonds is 5. The molecule has 0 aromatic carbocycles. The Bertz CT molecular complexity index is 751. The fourth-order valence-corrected chi connectivity index (χ4v) is 6.07. The number of sulfonamides is 1. The monoisotopic (exact) mass is 379 g/mol. The molecule has 4 rings (SSSR count). The van der Waals surface area contributed by atoms with Gasteiger partial charge in [-0.25, -0.2) is 8.42 Å². The normalized spacial score (nSPS) is 29.8. The summed E-state index contributed by atoms with van der Waals surface area (Å²) in [6.45, 7) is 1.30. The van der Waals surface area contributed by atoms with Crippen molar-refractivity contribution in [1.29, 1.82) is 0 Å². The van der Waals surface area contributed by atoms with E-state index in [0.717, 1.165) is 31.2 Å². The molecule has 2 saturated carbocycles. The molecule has 1 N–H and O–H groups in total. The van der Waals surface area contributed by atoms with Gasteiger partial charge in [-0.1, -0.05) is 6.07 Å². The van der Waals surface area contributed by atoms with Crippen LogP contribution in [0.25, 0.3) is 0 Å². The lowest BCUT2D eigenvalue weighted by Crippen LogP contribution is -2.57. The van der Waals surface area contributed by atoms with Gasteiger partial charge in [-0.3, -0.25) is 9.78 Å². The zero-order chi connectivity index (χ0) is 18.1. The predicted molar refractivity (Wildman–Crippen MR) is 95.6 cm³/mol. The predicted octanol–water partition coefficient (Wildman–Crippen LogP) is 1.06. The van der Waals surface area contributed by atoms with Crippen molar-refractivity contribution in [3.8, 4) is 0 Å². The van der Waals surface area contributed by atoms with E-state index >= 15 is 0 Å². The number of hydrogen-bond acceptors (Lipinski definition) is 5. The molecule has 1 aromatic heterocycles. The number of hydrogen-bond donors (Lipinski definition) is 1. The molecule has 0 bridgehead atoms. The highest BCUT2D eigenvalue weighted by atomic mass is 32.2. The third-order valence-electron chi connectivity index (χ3n) is 5.60. The SMILES string of the molecule is O=C(NCc1cccnc1)[C@H]1CC[C@H]2OCCN(S(=O)(=O)C3CC3)[C@@H]2C1. The number of nitrogens with zero attached hydrogens (tertiary/aromatic N) is 2. The Labute approximate surface area is 154 Å². The smallest absolute Gasteiger partial charge is 0.223 e. The standard InChI is InChI=1S/C18H25N3O4S/c22-18(20-12-13-2-1-7-19-11-13)14-3-6-17-16(10-14)21(8-9-25-17)26(23,24)15-4-5-15/h1-2,7,11,14-17H,3-6,8-10,12H2,(H,20,22)/t14-,16+,17+/m0/s1. The van der Waals surface area contributed by atoms with Crippen LogP contribution in [0.1, 0.15) is 37.7 Å². The van der Waals surface area contributed by atoms with Gasteiger partial charge in [0.15, 0.2) is 0 Å². The third-order valence-corrected chi connectivity index (χ3v) is 8.02. The summed E-state index contributed by atoms with van der Waals surface area (Å²) in [5, 5.41) is 2.74. The molecule has 0 radical (unpaired) electrons. The summed E-state index contributed by atoms with van der Waals surface area (Å²) in [7, 11) is -3.25. The van der Waals surface area contributed by atoms with E-state index in [2.05, 4.69) is 10.3 Å². The number of fused-ring (bicyclic) bond motifs is 1. The molecule has 0 unspecified atom stereocenters. The van der Waals surface area contributed by atoms with Crippen LogP contribution in [-0.4, -0.2) is 54.2 Å². The molecule has 8 heteroatoms. The maximum Gasteiger partial charge on any atom is 0.223 e. The molecule has 1 amide bonds. The summed E-state index contributed by atoms with van der Waals surface area (Å²) in [6.07, 6.45) is 6.86. The molecule has 0 spiro atoms. The molecule has 26 heavy (non-hydrogen) atoms. The molecule has 2 aliphatic carbocycles. The van der Waals surface area contributed by atoms with Crippen LogP contribution in [0.5, 0.6) is 0 Å². The minimum atomic E-state index is -3.25. The summed E-state index contributed by atoms with van der Waals surface area (Å²) in [4.78, 5) is 16.7. The number of aromatic nitrogens is 1. The Kier molecular flexibility index (Phi) is 4.98. The lowest BCUT2D eigenvalue weighted by molar-refractivity contribution is -0.130. The third kappa shape index (κ3) is 3.63.